The minimum absolute atomic E-state index is 0.00273. The molecule has 0 bridgehead atoms. The number of nitro benzene ring substituents is 1. The zero-order valence-electron chi connectivity index (χ0n) is 13.7. The molecule has 132 valence electrons. The van der Waals surface area contributed by atoms with Gasteiger partial charge < -0.3 is 14.6 Å². The number of aliphatic hydroxyl groups is 1. The molecule has 3 aromatic rings. The van der Waals surface area contributed by atoms with Gasteiger partial charge in [0.2, 0.25) is 0 Å². The van der Waals surface area contributed by atoms with Crippen molar-refractivity contribution in [1.82, 2.24) is 4.98 Å². The lowest BCUT2D eigenvalue weighted by Gasteiger charge is -2.26. The van der Waals surface area contributed by atoms with Crippen LogP contribution in [0.25, 0.3) is 10.9 Å². The first-order valence-electron chi connectivity index (χ1n) is 7.55. The van der Waals surface area contributed by atoms with Crippen LogP contribution in [0.1, 0.15) is 5.56 Å². The Morgan fingerprint density at radius 3 is 2.54 bits per heavy atom. The molecule has 0 saturated carbocycles. The molecule has 0 unspecified atom stereocenters. The average molecular weight is 354 g/mol. The molecule has 1 N–H and O–H groups in total. The average Bonchev–Trinajstić information content (AvgIpc) is 2.67. The zero-order chi connectivity index (χ0) is 18.7. The summed E-state index contributed by atoms with van der Waals surface area (Å²) >= 11 is 0. The number of carbonyl (C=O) groups is 1. The number of methoxy groups -OCH3 is 1. The van der Waals surface area contributed by atoms with E-state index in [4.69, 9.17) is 4.74 Å². The Labute approximate surface area is 147 Å². The van der Waals surface area contributed by atoms with Crippen LogP contribution < -0.4 is 4.74 Å². The molecule has 0 aliphatic rings. The van der Waals surface area contributed by atoms with Gasteiger partial charge in [0, 0.05) is 17.8 Å². The van der Waals surface area contributed by atoms with Crippen molar-refractivity contribution in [2.24, 2.45) is 0 Å². The fourth-order valence-corrected chi connectivity index (χ4v) is 2.55. The lowest BCUT2D eigenvalue weighted by molar-refractivity contribution is -0.383. The number of hydrogen-bond donors (Lipinski definition) is 1. The maximum Gasteiger partial charge on any atom is 0.384 e. The van der Waals surface area contributed by atoms with Gasteiger partial charge in [-0.05, 0) is 18.2 Å². The van der Waals surface area contributed by atoms with E-state index in [0.717, 1.165) is 7.11 Å². The monoisotopic (exact) mass is 354 g/mol. The molecule has 26 heavy (non-hydrogen) atoms. The third-order valence-corrected chi connectivity index (χ3v) is 3.79. The molecule has 0 amide bonds. The Morgan fingerprint density at radius 2 is 1.88 bits per heavy atom. The van der Waals surface area contributed by atoms with Crippen LogP contribution in [-0.4, -0.2) is 28.1 Å². The molecule has 8 nitrogen and oxygen atoms in total. The Bertz CT molecular complexity index is 976. The quantitative estimate of drug-likeness (QED) is 0.324. The van der Waals surface area contributed by atoms with Gasteiger partial charge in [0.1, 0.15) is 5.52 Å². The molecule has 0 saturated heterocycles. The van der Waals surface area contributed by atoms with Gasteiger partial charge in [-0.2, -0.15) is 0 Å². The standard InChI is InChI=1S/C18H14N2O6/c1-25-17(21)18(22,12-6-3-2-4-7-12)26-15-10-9-14(20(23)24)13-8-5-11-19-16(13)15/h2-11,22H,1H3/t18-/m0/s1. The van der Waals surface area contributed by atoms with E-state index < -0.39 is 16.7 Å². The van der Waals surface area contributed by atoms with Gasteiger partial charge in [-0.1, -0.05) is 30.3 Å². The first-order chi connectivity index (χ1) is 12.5. The molecular weight excluding hydrogens is 340 g/mol. The predicted octanol–water partition coefficient (Wildman–Crippen LogP) is 2.54. The van der Waals surface area contributed by atoms with Gasteiger partial charge in [0.25, 0.3) is 5.69 Å². The molecule has 8 heteroatoms. The van der Waals surface area contributed by atoms with E-state index in [2.05, 4.69) is 9.72 Å². The highest BCUT2D eigenvalue weighted by Crippen LogP contribution is 2.35. The smallest absolute Gasteiger partial charge is 0.384 e. The van der Waals surface area contributed by atoms with Crippen LogP contribution in [0.5, 0.6) is 5.75 Å². The normalized spacial score (nSPS) is 13.0. The summed E-state index contributed by atoms with van der Waals surface area (Å²) in [5, 5.41) is 22.3. The number of benzene rings is 2. The van der Waals surface area contributed by atoms with Gasteiger partial charge in [-0.15, -0.1) is 0 Å². The SMILES string of the molecule is COC(=O)[C@@](O)(Oc1ccc([N+](=O)[O-])c2cccnc12)c1ccccc1. The maximum absolute atomic E-state index is 12.2. The van der Waals surface area contributed by atoms with E-state index in [1.54, 1.807) is 24.3 Å². The molecule has 3 rings (SSSR count). The topological polar surface area (TPSA) is 112 Å². The van der Waals surface area contributed by atoms with Gasteiger partial charge in [0.05, 0.1) is 17.4 Å². The molecule has 0 fully saturated rings. The predicted molar refractivity (Wildman–Crippen MR) is 91.4 cm³/mol. The number of ether oxygens (including phenoxy) is 2. The highest BCUT2D eigenvalue weighted by molar-refractivity contribution is 5.92. The van der Waals surface area contributed by atoms with E-state index in [1.807, 2.05) is 0 Å². The molecular formula is C18H14N2O6. The van der Waals surface area contributed by atoms with Crippen molar-refractivity contribution in [1.29, 1.82) is 0 Å². The number of non-ortho nitro benzene ring substituents is 1. The van der Waals surface area contributed by atoms with Crippen molar-refractivity contribution >= 4 is 22.6 Å². The van der Waals surface area contributed by atoms with Gasteiger partial charge in [-0.25, -0.2) is 4.79 Å². The Balaban J connectivity index is 2.16. The van der Waals surface area contributed by atoms with Crippen molar-refractivity contribution in [3.8, 4) is 5.75 Å². The van der Waals surface area contributed by atoms with Crippen LogP contribution in [-0.2, 0) is 15.3 Å². The Morgan fingerprint density at radius 1 is 1.15 bits per heavy atom. The second-order valence-corrected chi connectivity index (χ2v) is 5.34. The summed E-state index contributed by atoms with van der Waals surface area (Å²) in [7, 11) is 1.12. The first-order valence-corrected chi connectivity index (χ1v) is 7.55. The van der Waals surface area contributed by atoms with Crippen molar-refractivity contribution < 1.29 is 24.3 Å². The number of aromatic nitrogens is 1. The van der Waals surface area contributed by atoms with Crippen LogP contribution in [0, 0.1) is 10.1 Å². The molecule has 2 aromatic carbocycles. The summed E-state index contributed by atoms with van der Waals surface area (Å²) in [6, 6.07) is 13.5. The highest BCUT2D eigenvalue weighted by atomic mass is 16.7. The highest BCUT2D eigenvalue weighted by Gasteiger charge is 2.43. The summed E-state index contributed by atoms with van der Waals surface area (Å²) in [5.41, 5.74) is 0.121. The number of carbonyl (C=O) groups excluding carboxylic acids is 1. The van der Waals surface area contributed by atoms with Crippen LogP contribution >= 0.6 is 0 Å². The number of nitro groups is 1. The van der Waals surface area contributed by atoms with Gasteiger partial charge >= 0.3 is 11.8 Å². The van der Waals surface area contributed by atoms with Gasteiger partial charge in [-0.3, -0.25) is 15.1 Å². The largest absolute Gasteiger partial charge is 0.464 e. The summed E-state index contributed by atoms with van der Waals surface area (Å²) in [6.45, 7) is 0. The first kappa shape index (κ1) is 17.3. The number of nitrogens with zero attached hydrogens (tertiary/aromatic N) is 2. The maximum atomic E-state index is 12.2. The molecule has 1 heterocycles. The Kier molecular flexibility index (Phi) is 4.51. The second kappa shape index (κ2) is 6.77. The van der Waals surface area contributed by atoms with Crippen molar-refractivity contribution in [3.05, 3.63) is 76.5 Å². The summed E-state index contributed by atoms with van der Waals surface area (Å²) in [6.07, 6.45) is 1.43. The summed E-state index contributed by atoms with van der Waals surface area (Å²) in [4.78, 5) is 27.0. The van der Waals surface area contributed by atoms with E-state index >= 15 is 0 Å². The van der Waals surface area contributed by atoms with Gasteiger partial charge in [0.15, 0.2) is 5.75 Å². The molecule has 0 radical (unpaired) electrons. The number of rotatable bonds is 5. The molecule has 0 aliphatic heterocycles. The van der Waals surface area contributed by atoms with E-state index in [0.29, 0.717) is 0 Å². The van der Waals surface area contributed by atoms with E-state index in [1.165, 1.54) is 36.5 Å². The fraction of sp³-hybridized carbons (Fsp3) is 0.111. The van der Waals surface area contributed by atoms with Crippen molar-refractivity contribution in [2.75, 3.05) is 7.11 Å². The number of pyridine rings is 1. The minimum atomic E-state index is -2.43. The molecule has 1 atom stereocenters. The van der Waals surface area contributed by atoms with Crippen LogP contribution in [0.15, 0.2) is 60.8 Å². The number of fused-ring (bicyclic) bond motifs is 1. The minimum Gasteiger partial charge on any atom is -0.464 e. The van der Waals surface area contributed by atoms with Crippen LogP contribution in [0.2, 0.25) is 0 Å². The van der Waals surface area contributed by atoms with Crippen molar-refractivity contribution in [3.63, 3.8) is 0 Å². The van der Waals surface area contributed by atoms with Crippen LogP contribution in [0.4, 0.5) is 5.69 Å². The molecule has 1 aromatic heterocycles. The number of hydrogen-bond acceptors (Lipinski definition) is 7. The van der Waals surface area contributed by atoms with Crippen LogP contribution in [0.3, 0.4) is 0 Å². The lowest BCUT2D eigenvalue weighted by atomic mass is 10.1. The summed E-state index contributed by atoms with van der Waals surface area (Å²) < 4.78 is 10.3. The molecule has 0 aliphatic carbocycles. The Hall–Kier alpha value is -3.52. The lowest BCUT2D eigenvalue weighted by Crippen LogP contribution is -2.42. The number of esters is 1. The van der Waals surface area contributed by atoms with Crippen molar-refractivity contribution in [2.45, 2.75) is 5.79 Å². The van der Waals surface area contributed by atoms with E-state index in [-0.39, 0.29) is 27.9 Å². The molecule has 0 spiro atoms. The fourth-order valence-electron chi connectivity index (χ4n) is 2.55. The zero-order valence-corrected chi connectivity index (χ0v) is 13.7. The van der Waals surface area contributed by atoms with E-state index in [9.17, 15) is 20.0 Å². The summed E-state index contributed by atoms with van der Waals surface area (Å²) in [5.74, 6) is -3.47. The third kappa shape index (κ3) is 2.93. The second-order valence-electron chi connectivity index (χ2n) is 5.34. The third-order valence-electron chi connectivity index (χ3n) is 3.79.